The number of carbonyl (C=O) groups is 1. The molecule has 0 saturated heterocycles. The molecule has 1 atom stereocenters. The van der Waals surface area contributed by atoms with Gasteiger partial charge in [-0.05, 0) is 37.8 Å². The van der Waals surface area contributed by atoms with Gasteiger partial charge in [0, 0.05) is 0 Å². The third-order valence-electron chi connectivity index (χ3n) is 3.86. The van der Waals surface area contributed by atoms with Crippen LogP contribution in [0.4, 0.5) is 0 Å². The number of nitrogens with two attached hydrogens (primary N) is 1. The number of thiazole rings is 1. The monoisotopic (exact) mass is 304 g/mol. The van der Waals surface area contributed by atoms with Crippen LogP contribution in [-0.4, -0.2) is 17.1 Å². The minimum Gasteiger partial charge on any atom is -0.462 e. The fourth-order valence-corrected chi connectivity index (χ4v) is 3.70. The maximum atomic E-state index is 12.0. The Bertz CT molecular complexity index is 587. The summed E-state index contributed by atoms with van der Waals surface area (Å²) in [4.78, 5) is 16.5. The van der Waals surface area contributed by atoms with Gasteiger partial charge in [0.05, 0.1) is 22.7 Å². The second-order valence-electron chi connectivity index (χ2n) is 5.58. The summed E-state index contributed by atoms with van der Waals surface area (Å²) in [7, 11) is 0. The van der Waals surface area contributed by atoms with Crippen LogP contribution >= 0.6 is 11.3 Å². The first-order valence-electron chi connectivity index (χ1n) is 7.53. The molecular formula is C16H20N2O2S. The van der Waals surface area contributed by atoms with Crippen molar-refractivity contribution in [3.8, 4) is 0 Å². The number of esters is 1. The van der Waals surface area contributed by atoms with E-state index in [0.29, 0.717) is 0 Å². The van der Waals surface area contributed by atoms with Crippen LogP contribution in [0.15, 0.2) is 24.3 Å². The summed E-state index contributed by atoms with van der Waals surface area (Å²) in [5.74, 6) is -0.200. The van der Waals surface area contributed by atoms with Crippen LogP contribution < -0.4 is 5.73 Å². The summed E-state index contributed by atoms with van der Waals surface area (Å²) >= 11 is 1.55. The van der Waals surface area contributed by atoms with E-state index in [4.69, 9.17) is 10.5 Å². The number of hydrogen-bond acceptors (Lipinski definition) is 5. The lowest BCUT2D eigenvalue weighted by Gasteiger charge is -2.22. The SMILES string of the molecule is NC(CC(=O)OC1CCCCC1)c1nc2ccccc2s1. The van der Waals surface area contributed by atoms with Crippen molar-refractivity contribution in [2.45, 2.75) is 50.7 Å². The molecule has 2 N–H and O–H groups in total. The van der Waals surface area contributed by atoms with Gasteiger partial charge in [0.25, 0.3) is 0 Å². The average Bonchev–Trinajstić information content (AvgIpc) is 2.92. The summed E-state index contributed by atoms with van der Waals surface area (Å²) in [6.07, 6.45) is 5.83. The zero-order valence-electron chi connectivity index (χ0n) is 12.0. The number of rotatable bonds is 4. The van der Waals surface area contributed by atoms with Gasteiger partial charge in [0.15, 0.2) is 0 Å². The first-order valence-corrected chi connectivity index (χ1v) is 8.34. The molecule has 5 heteroatoms. The third-order valence-corrected chi connectivity index (χ3v) is 5.03. The maximum absolute atomic E-state index is 12.0. The first-order chi connectivity index (χ1) is 10.2. The summed E-state index contributed by atoms with van der Waals surface area (Å²) < 4.78 is 6.62. The molecule has 1 unspecified atom stereocenters. The van der Waals surface area contributed by atoms with Crippen molar-refractivity contribution >= 4 is 27.5 Å². The van der Waals surface area contributed by atoms with E-state index >= 15 is 0 Å². The highest BCUT2D eigenvalue weighted by molar-refractivity contribution is 7.18. The van der Waals surface area contributed by atoms with E-state index in [9.17, 15) is 4.79 Å². The van der Waals surface area contributed by atoms with Crippen LogP contribution in [0.1, 0.15) is 49.6 Å². The van der Waals surface area contributed by atoms with Crippen LogP contribution in [0.3, 0.4) is 0 Å². The van der Waals surface area contributed by atoms with E-state index < -0.39 is 0 Å². The average molecular weight is 304 g/mol. The number of benzene rings is 1. The molecule has 1 aliphatic rings. The standard InChI is InChI=1S/C16H20N2O2S/c17-12(10-15(19)20-11-6-2-1-3-7-11)16-18-13-8-4-5-9-14(13)21-16/h4-5,8-9,11-12H,1-3,6-7,10,17H2. The highest BCUT2D eigenvalue weighted by atomic mass is 32.1. The molecule has 3 rings (SSSR count). The number of nitrogens with zero attached hydrogens (tertiary/aromatic N) is 1. The number of para-hydroxylation sites is 1. The molecule has 1 saturated carbocycles. The van der Waals surface area contributed by atoms with Crippen molar-refractivity contribution in [1.29, 1.82) is 0 Å². The molecule has 0 amide bonds. The fraction of sp³-hybridized carbons (Fsp3) is 0.500. The highest BCUT2D eigenvalue weighted by Crippen LogP contribution is 2.27. The van der Waals surface area contributed by atoms with Crippen molar-refractivity contribution in [3.05, 3.63) is 29.3 Å². The fourth-order valence-electron chi connectivity index (χ4n) is 2.73. The zero-order valence-corrected chi connectivity index (χ0v) is 12.8. The second kappa shape index (κ2) is 6.54. The molecule has 0 aliphatic heterocycles. The predicted octanol–water partition coefficient (Wildman–Crippen LogP) is 3.56. The predicted molar refractivity (Wildman–Crippen MR) is 84.1 cm³/mol. The Morgan fingerprint density at radius 3 is 2.86 bits per heavy atom. The second-order valence-corrected chi connectivity index (χ2v) is 6.64. The van der Waals surface area contributed by atoms with E-state index in [0.717, 1.165) is 40.9 Å². The summed E-state index contributed by atoms with van der Waals surface area (Å²) in [6, 6.07) is 7.53. The molecule has 1 heterocycles. The first kappa shape index (κ1) is 14.5. The maximum Gasteiger partial charge on any atom is 0.308 e. The van der Waals surface area contributed by atoms with E-state index in [2.05, 4.69) is 4.98 Å². The Morgan fingerprint density at radius 2 is 2.10 bits per heavy atom. The molecule has 21 heavy (non-hydrogen) atoms. The van der Waals surface area contributed by atoms with E-state index in [1.54, 1.807) is 11.3 Å². The Labute approximate surface area is 128 Å². The normalized spacial score (nSPS) is 17.8. The third kappa shape index (κ3) is 3.60. The van der Waals surface area contributed by atoms with Crippen molar-refractivity contribution in [2.75, 3.05) is 0 Å². The Morgan fingerprint density at radius 1 is 1.33 bits per heavy atom. The molecule has 1 fully saturated rings. The lowest BCUT2D eigenvalue weighted by atomic mass is 9.98. The van der Waals surface area contributed by atoms with Gasteiger partial charge in [-0.2, -0.15) is 0 Å². The highest BCUT2D eigenvalue weighted by Gasteiger charge is 2.21. The van der Waals surface area contributed by atoms with Crippen molar-refractivity contribution in [1.82, 2.24) is 4.98 Å². The summed E-state index contributed by atoms with van der Waals surface area (Å²) in [5.41, 5.74) is 7.05. The minimum absolute atomic E-state index is 0.0915. The van der Waals surface area contributed by atoms with Crippen LogP contribution in [0.2, 0.25) is 0 Å². The van der Waals surface area contributed by atoms with Crippen molar-refractivity contribution in [3.63, 3.8) is 0 Å². The number of ether oxygens (including phenoxy) is 1. The van der Waals surface area contributed by atoms with Crippen LogP contribution in [0.25, 0.3) is 10.2 Å². The van der Waals surface area contributed by atoms with Crippen LogP contribution in [0, 0.1) is 0 Å². The largest absolute Gasteiger partial charge is 0.462 e. The van der Waals surface area contributed by atoms with Gasteiger partial charge >= 0.3 is 5.97 Å². The molecule has 2 aromatic rings. The van der Waals surface area contributed by atoms with Gasteiger partial charge in [0.1, 0.15) is 11.1 Å². The quantitative estimate of drug-likeness (QED) is 0.877. The number of aromatic nitrogens is 1. The van der Waals surface area contributed by atoms with Crippen molar-refractivity contribution in [2.24, 2.45) is 5.73 Å². The number of fused-ring (bicyclic) bond motifs is 1. The van der Waals surface area contributed by atoms with Gasteiger partial charge in [-0.1, -0.05) is 18.6 Å². The van der Waals surface area contributed by atoms with Crippen molar-refractivity contribution < 1.29 is 9.53 Å². The zero-order chi connectivity index (χ0) is 14.7. The lowest BCUT2D eigenvalue weighted by Crippen LogP contribution is -2.24. The molecule has 4 nitrogen and oxygen atoms in total. The van der Waals surface area contributed by atoms with Gasteiger partial charge in [-0.25, -0.2) is 4.98 Å². The Kier molecular flexibility index (Phi) is 4.51. The Hall–Kier alpha value is -1.46. The molecule has 0 spiro atoms. The topological polar surface area (TPSA) is 65.2 Å². The molecule has 1 aromatic carbocycles. The van der Waals surface area contributed by atoms with Gasteiger partial charge in [-0.15, -0.1) is 11.3 Å². The smallest absolute Gasteiger partial charge is 0.308 e. The van der Waals surface area contributed by atoms with Gasteiger partial charge in [0.2, 0.25) is 0 Å². The minimum atomic E-state index is -0.376. The summed E-state index contributed by atoms with van der Waals surface area (Å²) in [6.45, 7) is 0. The molecule has 0 bridgehead atoms. The van der Waals surface area contributed by atoms with E-state index in [1.807, 2.05) is 24.3 Å². The summed E-state index contributed by atoms with van der Waals surface area (Å²) in [5, 5.41) is 0.803. The molecule has 1 aliphatic carbocycles. The van der Waals surface area contributed by atoms with Crippen LogP contribution in [0.5, 0.6) is 0 Å². The number of hydrogen-bond donors (Lipinski definition) is 1. The molecule has 1 aromatic heterocycles. The van der Waals surface area contributed by atoms with Crippen LogP contribution in [-0.2, 0) is 9.53 Å². The molecule has 0 radical (unpaired) electrons. The molecular weight excluding hydrogens is 284 g/mol. The van der Waals surface area contributed by atoms with E-state index in [1.165, 1.54) is 6.42 Å². The number of carbonyl (C=O) groups excluding carboxylic acids is 1. The van der Waals surface area contributed by atoms with Gasteiger partial charge in [-0.3, -0.25) is 4.79 Å². The van der Waals surface area contributed by atoms with E-state index in [-0.39, 0.29) is 24.5 Å². The lowest BCUT2D eigenvalue weighted by molar-refractivity contribution is -0.150. The molecule has 112 valence electrons. The Balaban J connectivity index is 1.59. The van der Waals surface area contributed by atoms with Gasteiger partial charge < -0.3 is 10.5 Å².